The molecular weight excluding hydrogens is 252 g/mol. The Hall–Kier alpha value is -0.550. The van der Waals surface area contributed by atoms with Gasteiger partial charge in [0, 0.05) is 18.8 Å². The molecule has 0 saturated carbocycles. The predicted molar refractivity (Wildman–Crippen MR) is 75.7 cm³/mol. The number of aromatic nitrogens is 1. The van der Waals surface area contributed by atoms with Gasteiger partial charge in [0.05, 0.1) is 10.6 Å². The van der Waals surface area contributed by atoms with Gasteiger partial charge in [0.25, 0.3) is 0 Å². The lowest BCUT2D eigenvalue weighted by molar-refractivity contribution is 0.112. The number of thioether (sulfide) groups is 1. The summed E-state index contributed by atoms with van der Waals surface area (Å²) in [6.45, 7) is 4.16. The van der Waals surface area contributed by atoms with E-state index in [4.69, 9.17) is 0 Å². The van der Waals surface area contributed by atoms with Crippen molar-refractivity contribution in [2.24, 2.45) is 0 Å². The number of anilines is 1. The first-order chi connectivity index (χ1) is 8.13. The van der Waals surface area contributed by atoms with E-state index in [1.165, 1.54) is 29.3 Å². The summed E-state index contributed by atoms with van der Waals surface area (Å²) < 4.78 is 0. The van der Waals surface area contributed by atoms with Crippen LogP contribution in [0.1, 0.15) is 41.6 Å². The maximum Gasteiger partial charge on any atom is 0.186 e. The van der Waals surface area contributed by atoms with Crippen molar-refractivity contribution in [1.82, 2.24) is 4.98 Å². The van der Waals surface area contributed by atoms with Crippen LogP contribution in [0.15, 0.2) is 0 Å². The van der Waals surface area contributed by atoms with Crippen LogP contribution in [0.4, 0.5) is 5.13 Å². The maximum atomic E-state index is 11.0. The molecule has 5 heteroatoms. The Labute approximate surface area is 111 Å². The zero-order valence-corrected chi connectivity index (χ0v) is 12.1. The Morgan fingerprint density at radius 1 is 1.53 bits per heavy atom. The number of thiazole rings is 1. The second-order valence-corrected chi connectivity index (χ2v) is 6.81. The van der Waals surface area contributed by atoms with Crippen LogP contribution < -0.4 is 4.90 Å². The van der Waals surface area contributed by atoms with Crippen molar-refractivity contribution in [3.63, 3.8) is 0 Å². The summed E-state index contributed by atoms with van der Waals surface area (Å²) in [7, 11) is 2.09. The molecule has 2 heterocycles. The van der Waals surface area contributed by atoms with Gasteiger partial charge in [-0.15, -0.1) is 0 Å². The van der Waals surface area contributed by atoms with E-state index in [2.05, 4.69) is 30.8 Å². The molecule has 0 N–H and O–H groups in total. The molecule has 1 unspecified atom stereocenters. The van der Waals surface area contributed by atoms with Crippen molar-refractivity contribution in [3.8, 4) is 0 Å². The molecule has 94 valence electrons. The van der Waals surface area contributed by atoms with Gasteiger partial charge in [-0.1, -0.05) is 25.2 Å². The predicted octanol–water partition coefficient (Wildman–Crippen LogP) is 3.02. The van der Waals surface area contributed by atoms with Crippen molar-refractivity contribution < 1.29 is 4.79 Å². The van der Waals surface area contributed by atoms with Crippen LogP contribution in [0.25, 0.3) is 0 Å². The minimum absolute atomic E-state index is 0.312. The second kappa shape index (κ2) is 5.40. The Kier molecular flexibility index (Phi) is 4.09. The highest BCUT2D eigenvalue weighted by Crippen LogP contribution is 2.32. The van der Waals surface area contributed by atoms with Crippen LogP contribution in [0.3, 0.4) is 0 Å². The van der Waals surface area contributed by atoms with E-state index in [0.717, 1.165) is 22.0 Å². The van der Waals surface area contributed by atoms with Crippen molar-refractivity contribution in [2.45, 2.75) is 32.2 Å². The molecule has 0 spiro atoms. The Morgan fingerprint density at radius 3 is 2.76 bits per heavy atom. The van der Waals surface area contributed by atoms with Crippen molar-refractivity contribution in [3.05, 3.63) is 10.6 Å². The van der Waals surface area contributed by atoms with Crippen molar-refractivity contribution >= 4 is 34.5 Å². The summed E-state index contributed by atoms with van der Waals surface area (Å²) in [5.74, 6) is 2.72. The van der Waals surface area contributed by atoms with Crippen LogP contribution in [0, 0.1) is 0 Å². The zero-order valence-electron chi connectivity index (χ0n) is 10.5. The number of nitrogens with zero attached hydrogens (tertiary/aromatic N) is 2. The first-order valence-electron chi connectivity index (χ1n) is 5.90. The van der Waals surface area contributed by atoms with Crippen LogP contribution in [-0.4, -0.2) is 35.9 Å². The number of carbonyl (C=O) groups is 1. The van der Waals surface area contributed by atoms with Gasteiger partial charge in [-0.25, -0.2) is 4.98 Å². The van der Waals surface area contributed by atoms with E-state index in [1.807, 2.05) is 11.8 Å². The van der Waals surface area contributed by atoms with E-state index >= 15 is 0 Å². The van der Waals surface area contributed by atoms with Gasteiger partial charge in [-0.05, 0) is 18.1 Å². The number of aldehydes is 1. The molecular formula is C12H18N2OS2. The molecule has 17 heavy (non-hydrogen) atoms. The molecule has 3 nitrogen and oxygen atoms in total. The molecule has 1 aromatic rings. The largest absolute Gasteiger partial charge is 0.347 e. The molecule has 0 bridgehead atoms. The van der Waals surface area contributed by atoms with Gasteiger partial charge in [0.1, 0.15) is 0 Å². The molecule has 1 aliphatic heterocycles. The van der Waals surface area contributed by atoms with E-state index < -0.39 is 0 Å². The molecule has 0 radical (unpaired) electrons. The summed E-state index contributed by atoms with van der Waals surface area (Å²) >= 11 is 3.51. The van der Waals surface area contributed by atoms with Gasteiger partial charge in [-0.3, -0.25) is 4.79 Å². The monoisotopic (exact) mass is 270 g/mol. The fraction of sp³-hybridized carbons (Fsp3) is 0.667. The number of rotatable bonds is 4. The van der Waals surface area contributed by atoms with Crippen LogP contribution in [0.2, 0.25) is 0 Å². The Bertz CT molecular complexity index is 397. The summed E-state index contributed by atoms with van der Waals surface area (Å²) in [6.07, 6.45) is 2.15. The van der Waals surface area contributed by atoms with Gasteiger partial charge >= 0.3 is 0 Å². The van der Waals surface area contributed by atoms with Gasteiger partial charge < -0.3 is 4.90 Å². The molecule has 2 rings (SSSR count). The molecule has 0 amide bonds. The van der Waals surface area contributed by atoms with E-state index in [-0.39, 0.29) is 0 Å². The smallest absolute Gasteiger partial charge is 0.186 e. The van der Waals surface area contributed by atoms with Crippen molar-refractivity contribution in [1.29, 1.82) is 0 Å². The first-order valence-corrected chi connectivity index (χ1v) is 7.87. The molecule has 1 aliphatic rings. The highest BCUT2D eigenvalue weighted by molar-refractivity contribution is 7.99. The zero-order chi connectivity index (χ0) is 12.4. The average molecular weight is 270 g/mol. The third-order valence-electron chi connectivity index (χ3n) is 3.08. The van der Waals surface area contributed by atoms with Crippen molar-refractivity contribution in [2.75, 3.05) is 23.5 Å². The van der Waals surface area contributed by atoms with E-state index in [0.29, 0.717) is 12.0 Å². The Balaban J connectivity index is 2.23. The third-order valence-corrected chi connectivity index (χ3v) is 5.31. The maximum absolute atomic E-state index is 11.0. The lowest BCUT2D eigenvalue weighted by Gasteiger charge is -2.22. The topological polar surface area (TPSA) is 33.2 Å². The standard InChI is InChI=1S/C12H18N2OS2/c1-8(2)11-10(6-15)17-12(13-11)14(3)9-4-5-16-7-9/h6,8-9H,4-5,7H2,1-3H3. The first kappa shape index (κ1) is 12.9. The van der Waals surface area contributed by atoms with Gasteiger partial charge in [0.2, 0.25) is 0 Å². The average Bonchev–Trinajstić information content (AvgIpc) is 2.97. The molecule has 0 aromatic carbocycles. The summed E-state index contributed by atoms with van der Waals surface area (Å²) in [5, 5.41) is 0.989. The quantitative estimate of drug-likeness (QED) is 0.787. The van der Waals surface area contributed by atoms with Gasteiger partial charge in [0.15, 0.2) is 11.4 Å². The highest BCUT2D eigenvalue weighted by atomic mass is 32.2. The Morgan fingerprint density at radius 2 is 2.29 bits per heavy atom. The SMILES string of the molecule is CC(C)c1nc(N(C)C2CCSC2)sc1C=O. The van der Waals surface area contributed by atoms with Gasteiger partial charge in [-0.2, -0.15) is 11.8 Å². The van der Waals surface area contributed by atoms with E-state index in [1.54, 1.807) is 0 Å². The summed E-state index contributed by atoms with van der Waals surface area (Å²) in [5.41, 5.74) is 0.942. The van der Waals surface area contributed by atoms with Crippen LogP contribution in [-0.2, 0) is 0 Å². The van der Waals surface area contributed by atoms with Crippen LogP contribution >= 0.6 is 23.1 Å². The minimum Gasteiger partial charge on any atom is -0.347 e. The molecule has 1 aromatic heterocycles. The number of carbonyl (C=O) groups excluding carboxylic acids is 1. The summed E-state index contributed by atoms with van der Waals surface area (Å²) in [6, 6.07) is 0.575. The number of hydrogen-bond acceptors (Lipinski definition) is 5. The summed E-state index contributed by atoms with van der Waals surface area (Å²) in [4.78, 5) is 18.7. The second-order valence-electron chi connectivity index (χ2n) is 4.65. The lowest BCUT2D eigenvalue weighted by atomic mass is 10.1. The third kappa shape index (κ3) is 2.65. The molecule has 1 atom stereocenters. The fourth-order valence-corrected chi connectivity index (χ4v) is 4.30. The minimum atomic E-state index is 0.312. The fourth-order valence-electron chi connectivity index (χ4n) is 1.96. The molecule has 0 aliphatic carbocycles. The molecule has 1 saturated heterocycles. The lowest BCUT2D eigenvalue weighted by Crippen LogP contribution is -2.31. The highest BCUT2D eigenvalue weighted by Gasteiger charge is 2.24. The van der Waals surface area contributed by atoms with E-state index in [9.17, 15) is 4.79 Å². The van der Waals surface area contributed by atoms with Crippen LogP contribution in [0.5, 0.6) is 0 Å². The number of hydrogen-bond donors (Lipinski definition) is 0. The molecule has 1 fully saturated rings. The normalized spacial score (nSPS) is 19.9.